The molecule has 0 atom stereocenters. The molecule has 1 aliphatic heterocycles. The molecule has 0 fully saturated rings. The largest absolute Gasteiger partial charge is 0.333 e. The van der Waals surface area contributed by atoms with Gasteiger partial charge in [-0.1, -0.05) is 17.7 Å². The smallest absolute Gasteiger partial charge is 0.318 e. The van der Waals surface area contributed by atoms with Crippen molar-refractivity contribution in [2.45, 2.75) is 19.5 Å². The topological polar surface area (TPSA) is 32.3 Å². The summed E-state index contributed by atoms with van der Waals surface area (Å²) in [5.41, 5.74) is 1.19. The maximum atomic E-state index is 12.1. The standard InChI is InChI=1S/C13H13ClN2OS2/c14-12-6-9-8-16(4-3-11(9)19-12)13(17)15-7-10-2-1-5-18-10/h1-2,5-6H,3-4,7-8H2,(H,15,17). The highest BCUT2D eigenvalue weighted by Crippen LogP contribution is 2.31. The number of halogens is 1. The third-order valence-electron chi connectivity index (χ3n) is 3.12. The van der Waals surface area contributed by atoms with Gasteiger partial charge >= 0.3 is 6.03 Å². The summed E-state index contributed by atoms with van der Waals surface area (Å²) in [6.45, 7) is 2.03. The quantitative estimate of drug-likeness (QED) is 0.900. The van der Waals surface area contributed by atoms with Crippen LogP contribution in [0.5, 0.6) is 0 Å². The molecule has 0 spiro atoms. The minimum absolute atomic E-state index is 0.00127. The van der Waals surface area contributed by atoms with Gasteiger partial charge in [0.15, 0.2) is 0 Å². The van der Waals surface area contributed by atoms with Crippen LogP contribution in [0.25, 0.3) is 0 Å². The number of urea groups is 1. The second-order valence-corrected chi connectivity index (χ2v) is 7.21. The zero-order valence-corrected chi connectivity index (χ0v) is 12.6. The van der Waals surface area contributed by atoms with Crippen molar-refractivity contribution in [3.63, 3.8) is 0 Å². The fourth-order valence-corrected chi connectivity index (χ4v) is 4.10. The van der Waals surface area contributed by atoms with Crippen LogP contribution in [0, 0.1) is 0 Å². The first kappa shape index (κ1) is 13.0. The highest BCUT2D eigenvalue weighted by Gasteiger charge is 2.22. The molecule has 6 heteroatoms. The van der Waals surface area contributed by atoms with E-state index in [1.165, 1.54) is 15.3 Å². The Kier molecular flexibility index (Phi) is 3.77. The van der Waals surface area contributed by atoms with Crippen LogP contribution in [0.4, 0.5) is 4.79 Å². The van der Waals surface area contributed by atoms with Crippen LogP contribution in [0.2, 0.25) is 4.34 Å². The van der Waals surface area contributed by atoms with Gasteiger partial charge in [-0.25, -0.2) is 4.79 Å². The number of nitrogens with one attached hydrogen (secondary N) is 1. The molecule has 3 heterocycles. The number of rotatable bonds is 2. The van der Waals surface area contributed by atoms with Crippen LogP contribution in [0.1, 0.15) is 15.3 Å². The van der Waals surface area contributed by atoms with Crippen molar-refractivity contribution in [2.75, 3.05) is 6.54 Å². The average molecular weight is 313 g/mol. The molecule has 1 aliphatic rings. The van der Waals surface area contributed by atoms with Crippen LogP contribution in [0.3, 0.4) is 0 Å². The van der Waals surface area contributed by atoms with Gasteiger partial charge in [0.2, 0.25) is 0 Å². The van der Waals surface area contributed by atoms with Gasteiger partial charge in [0.05, 0.1) is 10.9 Å². The van der Waals surface area contributed by atoms with E-state index in [9.17, 15) is 4.79 Å². The van der Waals surface area contributed by atoms with E-state index in [4.69, 9.17) is 11.6 Å². The summed E-state index contributed by atoms with van der Waals surface area (Å²) in [6, 6.07) is 5.99. The minimum atomic E-state index is 0.00127. The summed E-state index contributed by atoms with van der Waals surface area (Å²) in [7, 11) is 0. The van der Waals surface area contributed by atoms with Gasteiger partial charge in [-0.3, -0.25) is 0 Å². The van der Waals surface area contributed by atoms with Gasteiger partial charge in [0, 0.05) is 22.8 Å². The molecule has 0 bridgehead atoms. The minimum Gasteiger partial charge on any atom is -0.333 e. The molecule has 3 rings (SSSR count). The highest BCUT2D eigenvalue weighted by molar-refractivity contribution is 7.16. The summed E-state index contributed by atoms with van der Waals surface area (Å²) in [5, 5.41) is 4.98. The highest BCUT2D eigenvalue weighted by atomic mass is 35.5. The van der Waals surface area contributed by atoms with Crippen molar-refractivity contribution in [3.8, 4) is 0 Å². The molecule has 0 aromatic carbocycles. The van der Waals surface area contributed by atoms with Gasteiger partial charge in [0.25, 0.3) is 0 Å². The summed E-state index contributed by atoms with van der Waals surface area (Å²) in [5.74, 6) is 0. The summed E-state index contributed by atoms with van der Waals surface area (Å²) < 4.78 is 0.811. The van der Waals surface area contributed by atoms with Crippen molar-refractivity contribution in [2.24, 2.45) is 0 Å². The summed E-state index contributed by atoms with van der Waals surface area (Å²) >= 11 is 9.29. The Hall–Kier alpha value is -1.04. The van der Waals surface area contributed by atoms with E-state index in [1.807, 2.05) is 28.5 Å². The summed E-state index contributed by atoms with van der Waals surface area (Å²) in [4.78, 5) is 16.4. The van der Waals surface area contributed by atoms with Crippen molar-refractivity contribution in [1.29, 1.82) is 0 Å². The number of hydrogen-bond donors (Lipinski definition) is 1. The third kappa shape index (κ3) is 2.94. The molecule has 1 N–H and O–H groups in total. The molecular formula is C13H13ClN2OS2. The number of amides is 2. The van der Waals surface area contributed by atoms with E-state index >= 15 is 0 Å². The average Bonchev–Trinajstić information content (AvgIpc) is 3.02. The van der Waals surface area contributed by atoms with Crippen molar-refractivity contribution in [3.05, 3.63) is 43.2 Å². The molecule has 2 aromatic rings. The van der Waals surface area contributed by atoms with Crippen LogP contribution < -0.4 is 5.32 Å². The number of carbonyl (C=O) groups is 1. The van der Waals surface area contributed by atoms with E-state index in [0.717, 1.165) is 17.3 Å². The molecule has 0 unspecified atom stereocenters. The Morgan fingerprint density at radius 2 is 2.42 bits per heavy atom. The first-order valence-corrected chi connectivity index (χ1v) is 8.12. The molecule has 100 valence electrons. The molecule has 0 aliphatic carbocycles. The number of fused-ring (bicyclic) bond motifs is 1. The van der Waals surface area contributed by atoms with E-state index in [0.29, 0.717) is 13.1 Å². The van der Waals surface area contributed by atoms with Gasteiger partial charge in [-0.15, -0.1) is 22.7 Å². The lowest BCUT2D eigenvalue weighted by Gasteiger charge is -2.27. The van der Waals surface area contributed by atoms with E-state index in [1.54, 1.807) is 22.7 Å². The van der Waals surface area contributed by atoms with E-state index in [2.05, 4.69) is 5.32 Å². The Morgan fingerprint density at radius 3 is 3.21 bits per heavy atom. The Morgan fingerprint density at radius 1 is 1.53 bits per heavy atom. The van der Waals surface area contributed by atoms with Crippen molar-refractivity contribution < 1.29 is 4.79 Å². The lowest BCUT2D eigenvalue weighted by molar-refractivity contribution is 0.192. The number of thiophene rings is 2. The maximum Gasteiger partial charge on any atom is 0.318 e. The molecule has 0 saturated heterocycles. The number of hydrogen-bond acceptors (Lipinski definition) is 3. The predicted octanol–water partition coefficient (Wildman–Crippen LogP) is 3.73. The van der Waals surface area contributed by atoms with Crippen LogP contribution >= 0.6 is 34.3 Å². The normalized spacial score (nSPS) is 14.3. The third-order valence-corrected chi connectivity index (χ3v) is 5.36. The Balaban J connectivity index is 1.59. The van der Waals surface area contributed by atoms with Gasteiger partial charge < -0.3 is 10.2 Å². The van der Waals surface area contributed by atoms with E-state index < -0.39 is 0 Å². The molecule has 19 heavy (non-hydrogen) atoms. The predicted molar refractivity (Wildman–Crippen MR) is 80.0 cm³/mol. The molecule has 0 radical (unpaired) electrons. The Labute approximate surface area is 124 Å². The SMILES string of the molecule is O=C(NCc1cccs1)N1CCc2sc(Cl)cc2C1. The fraction of sp³-hybridized carbons (Fsp3) is 0.308. The maximum absolute atomic E-state index is 12.1. The van der Waals surface area contributed by atoms with E-state index in [-0.39, 0.29) is 6.03 Å². The van der Waals surface area contributed by atoms with Crippen LogP contribution in [0.15, 0.2) is 23.6 Å². The first-order valence-electron chi connectivity index (χ1n) is 6.04. The van der Waals surface area contributed by atoms with Crippen molar-refractivity contribution in [1.82, 2.24) is 10.2 Å². The van der Waals surface area contributed by atoms with Crippen LogP contribution in [-0.2, 0) is 19.5 Å². The lowest BCUT2D eigenvalue weighted by Crippen LogP contribution is -2.42. The fourth-order valence-electron chi connectivity index (χ4n) is 2.16. The summed E-state index contributed by atoms with van der Waals surface area (Å²) in [6.07, 6.45) is 0.902. The lowest BCUT2D eigenvalue weighted by atomic mass is 10.1. The molecule has 2 amide bonds. The molecule has 2 aromatic heterocycles. The number of nitrogens with zero attached hydrogens (tertiary/aromatic N) is 1. The molecular weight excluding hydrogens is 300 g/mol. The second kappa shape index (κ2) is 5.53. The first-order chi connectivity index (χ1) is 9.22. The Bertz CT molecular complexity index is 579. The van der Waals surface area contributed by atoms with Crippen molar-refractivity contribution >= 4 is 40.3 Å². The molecule has 0 saturated carbocycles. The van der Waals surface area contributed by atoms with Gasteiger partial charge in [-0.05, 0) is 29.5 Å². The monoisotopic (exact) mass is 312 g/mol. The van der Waals surface area contributed by atoms with Gasteiger partial charge in [0.1, 0.15) is 0 Å². The number of carbonyl (C=O) groups excluding carboxylic acids is 1. The zero-order valence-electron chi connectivity index (χ0n) is 10.2. The molecule has 3 nitrogen and oxygen atoms in total. The van der Waals surface area contributed by atoms with Gasteiger partial charge in [-0.2, -0.15) is 0 Å². The second-order valence-electron chi connectivity index (χ2n) is 4.41. The van der Waals surface area contributed by atoms with Crippen LogP contribution in [-0.4, -0.2) is 17.5 Å². The zero-order chi connectivity index (χ0) is 13.2.